The van der Waals surface area contributed by atoms with Crippen LogP contribution < -0.4 is 10.6 Å². The molecule has 2 nitrogen and oxygen atoms in total. The Kier molecular flexibility index (Phi) is 7.70. The summed E-state index contributed by atoms with van der Waals surface area (Å²) in [5.41, 5.74) is 2.85. The zero-order chi connectivity index (χ0) is 13.2. The maximum Gasteiger partial charge on any atom is -0.000823 e. The molecular weight excluding hydrogens is 220 g/mol. The summed E-state index contributed by atoms with van der Waals surface area (Å²) in [6.07, 6.45) is 3.49. The minimum atomic E-state index is 0.748. The normalized spacial score (nSPS) is 12.6. The van der Waals surface area contributed by atoms with Gasteiger partial charge in [-0.1, -0.05) is 44.5 Å². The third-order valence-electron chi connectivity index (χ3n) is 3.52. The highest BCUT2D eigenvalue weighted by Crippen LogP contribution is 2.05. The molecule has 2 N–H and O–H groups in total. The van der Waals surface area contributed by atoms with Crippen molar-refractivity contribution in [3.05, 3.63) is 35.4 Å². The highest BCUT2D eigenvalue weighted by molar-refractivity contribution is 5.22. The van der Waals surface area contributed by atoms with Gasteiger partial charge in [0.2, 0.25) is 0 Å². The minimum absolute atomic E-state index is 0.748. The van der Waals surface area contributed by atoms with E-state index in [9.17, 15) is 0 Å². The second kappa shape index (κ2) is 9.12. The lowest BCUT2D eigenvalue weighted by molar-refractivity contribution is 0.447. The maximum atomic E-state index is 3.56. The van der Waals surface area contributed by atoms with Gasteiger partial charge in [0.05, 0.1) is 0 Å². The number of aryl methyl sites for hydroxylation is 1. The molecule has 1 unspecified atom stereocenters. The van der Waals surface area contributed by atoms with Crippen molar-refractivity contribution in [3.8, 4) is 0 Å². The number of hydrogen-bond donors (Lipinski definition) is 2. The fraction of sp³-hybridized carbons (Fsp3) is 0.625. The van der Waals surface area contributed by atoms with Crippen LogP contribution in [0.5, 0.6) is 0 Å². The van der Waals surface area contributed by atoms with Crippen molar-refractivity contribution >= 4 is 0 Å². The molecule has 1 atom stereocenters. The Hall–Kier alpha value is -0.860. The molecule has 0 spiro atoms. The van der Waals surface area contributed by atoms with Crippen LogP contribution in [0.3, 0.4) is 0 Å². The molecule has 1 aromatic carbocycles. The largest absolute Gasteiger partial charge is 0.319 e. The maximum absolute atomic E-state index is 3.56. The zero-order valence-electron chi connectivity index (χ0n) is 12.1. The van der Waals surface area contributed by atoms with E-state index >= 15 is 0 Å². The predicted octanol–water partition coefficient (Wildman–Crippen LogP) is 2.63. The molecule has 0 amide bonds. The molecule has 0 aliphatic rings. The van der Waals surface area contributed by atoms with E-state index in [-0.39, 0.29) is 0 Å². The summed E-state index contributed by atoms with van der Waals surface area (Å²) in [6.45, 7) is 7.75. The molecule has 0 heterocycles. The molecule has 0 saturated carbocycles. The van der Waals surface area contributed by atoms with E-state index in [1.807, 2.05) is 7.05 Å². The van der Waals surface area contributed by atoms with Crippen LogP contribution in [0.4, 0.5) is 0 Å². The van der Waals surface area contributed by atoms with Crippen LogP contribution in [0.1, 0.15) is 31.4 Å². The van der Waals surface area contributed by atoms with Gasteiger partial charge < -0.3 is 10.6 Å². The van der Waals surface area contributed by atoms with Crippen molar-refractivity contribution in [1.29, 1.82) is 0 Å². The Morgan fingerprint density at radius 1 is 1.00 bits per heavy atom. The van der Waals surface area contributed by atoms with E-state index < -0.39 is 0 Å². The van der Waals surface area contributed by atoms with Gasteiger partial charge >= 0.3 is 0 Å². The lowest BCUT2D eigenvalue weighted by Crippen LogP contribution is -2.30. The van der Waals surface area contributed by atoms with Crippen LogP contribution in [-0.2, 0) is 12.8 Å². The van der Waals surface area contributed by atoms with Crippen molar-refractivity contribution < 1.29 is 0 Å². The number of rotatable bonds is 9. The molecule has 0 bridgehead atoms. The molecule has 102 valence electrons. The second-order valence-electron chi connectivity index (χ2n) is 4.96. The van der Waals surface area contributed by atoms with Gasteiger partial charge in [-0.05, 0) is 56.6 Å². The summed E-state index contributed by atoms with van der Waals surface area (Å²) in [7, 11) is 2.03. The Morgan fingerprint density at radius 2 is 1.67 bits per heavy atom. The topological polar surface area (TPSA) is 24.1 Å². The molecule has 0 aromatic heterocycles. The van der Waals surface area contributed by atoms with Crippen LogP contribution >= 0.6 is 0 Å². The Labute approximate surface area is 112 Å². The van der Waals surface area contributed by atoms with E-state index in [0.29, 0.717) is 0 Å². The molecular formula is C16H28N2. The predicted molar refractivity (Wildman–Crippen MR) is 80.1 cm³/mol. The van der Waals surface area contributed by atoms with E-state index in [1.165, 1.54) is 17.5 Å². The smallest absolute Gasteiger partial charge is 0.000823 e. The molecule has 0 saturated heterocycles. The van der Waals surface area contributed by atoms with Crippen molar-refractivity contribution in [2.45, 2.75) is 33.1 Å². The fourth-order valence-corrected chi connectivity index (χ4v) is 2.13. The first-order chi connectivity index (χ1) is 8.80. The number of hydrogen-bond acceptors (Lipinski definition) is 2. The van der Waals surface area contributed by atoms with Crippen molar-refractivity contribution in [2.24, 2.45) is 5.92 Å². The second-order valence-corrected chi connectivity index (χ2v) is 4.96. The number of nitrogens with one attached hydrogen (secondary N) is 2. The van der Waals surface area contributed by atoms with Crippen LogP contribution in [-0.4, -0.2) is 26.7 Å². The summed E-state index contributed by atoms with van der Waals surface area (Å²) in [6, 6.07) is 8.99. The quantitative estimate of drug-likeness (QED) is 0.657. The Morgan fingerprint density at radius 3 is 2.22 bits per heavy atom. The highest BCUT2D eigenvalue weighted by atomic mass is 14.9. The van der Waals surface area contributed by atoms with E-state index in [1.54, 1.807) is 0 Å². The Bertz CT molecular complexity index is 305. The minimum Gasteiger partial charge on any atom is -0.319 e. The van der Waals surface area contributed by atoms with Gasteiger partial charge in [-0.25, -0.2) is 0 Å². The van der Waals surface area contributed by atoms with Gasteiger partial charge in [0, 0.05) is 0 Å². The van der Waals surface area contributed by atoms with Gasteiger partial charge in [-0.15, -0.1) is 0 Å². The molecule has 0 radical (unpaired) electrons. The highest BCUT2D eigenvalue weighted by Gasteiger charge is 2.03. The molecule has 0 fully saturated rings. The average Bonchev–Trinajstić information content (AvgIpc) is 2.43. The van der Waals surface area contributed by atoms with E-state index in [2.05, 4.69) is 48.7 Å². The molecule has 18 heavy (non-hydrogen) atoms. The third-order valence-corrected chi connectivity index (χ3v) is 3.52. The monoisotopic (exact) mass is 248 g/mol. The Balaban J connectivity index is 2.20. The van der Waals surface area contributed by atoms with E-state index in [0.717, 1.165) is 38.4 Å². The van der Waals surface area contributed by atoms with Crippen LogP contribution in [0.15, 0.2) is 24.3 Å². The fourth-order valence-electron chi connectivity index (χ4n) is 2.13. The van der Waals surface area contributed by atoms with Crippen molar-refractivity contribution in [3.63, 3.8) is 0 Å². The lowest BCUT2D eigenvalue weighted by Gasteiger charge is -2.15. The third kappa shape index (κ3) is 5.65. The van der Waals surface area contributed by atoms with Crippen molar-refractivity contribution in [2.75, 3.05) is 26.7 Å². The summed E-state index contributed by atoms with van der Waals surface area (Å²) >= 11 is 0. The summed E-state index contributed by atoms with van der Waals surface area (Å²) in [4.78, 5) is 0. The first-order valence-corrected chi connectivity index (χ1v) is 7.23. The lowest BCUT2D eigenvalue weighted by atomic mass is 10.1. The first kappa shape index (κ1) is 15.2. The summed E-state index contributed by atoms with van der Waals surface area (Å²) < 4.78 is 0. The van der Waals surface area contributed by atoms with Gasteiger partial charge in [0.15, 0.2) is 0 Å². The average molecular weight is 248 g/mol. The van der Waals surface area contributed by atoms with E-state index in [4.69, 9.17) is 0 Å². The van der Waals surface area contributed by atoms with Crippen LogP contribution in [0.2, 0.25) is 0 Å². The van der Waals surface area contributed by atoms with Gasteiger partial charge in [0.25, 0.3) is 0 Å². The standard InChI is InChI=1S/C16H28N2/c1-4-14-6-8-16(9-7-14)10-11-18-13-15(5-2)12-17-3/h6-9,15,17-18H,4-5,10-13H2,1-3H3. The molecule has 0 aliphatic heterocycles. The van der Waals surface area contributed by atoms with Crippen LogP contribution in [0.25, 0.3) is 0 Å². The summed E-state index contributed by atoms with van der Waals surface area (Å²) in [5, 5.41) is 6.81. The van der Waals surface area contributed by atoms with Gasteiger partial charge in [0.1, 0.15) is 0 Å². The van der Waals surface area contributed by atoms with Crippen molar-refractivity contribution in [1.82, 2.24) is 10.6 Å². The molecule has 1 rings (SSSR count). The molecule has 0 aliphatic carbocycles. The SMILES string of the molecule is CCc1ccc(CCNCC(CC)CNC)cc1. The van der Waals surface area contributed by atoms with Crippen LogP contribution in [0, 0.1) is 5.92 Å². The first-order valence-electron chi connectivity index (χ1n) is 7.23. The van der Waals surface area contributed by atoms with Gasteiger partial charge in [-0.2, -0.15) is 0 Å². The van der Waals surface area contributed by atoms with Gasteiger partial charge in [-0.3, -0.25) is 0 Å². The molecule has 2 heteroatoms. The zero-order valence-corrected chi connectivity index (χ0v) is 12.1. The summed E-state index contributed by atoms with van der Waals surface area (Å²) in [5.74, 6) is 0.748. The number of benzene rings is 1. The molecule has 1 aromatic rings.